The molecule has 220 valence electrons. The Morgan fingerprint density at radius 1 is 1.05 bits per heavy atom. The number of carbonyl (C=O) groups is 1. The van der Waals surface area contributed by atoms with Gasteiger partial charge in [0.05, 0.1) is 30.8 Å². The number of anilines is 1. The van der Waals surface area contributed by atoms with Crippen LogP contribution in [0.4, 0.5) is 5.69 Å². The molecule has 10 nitrogen and oxygen atoms in total. The maximum absolute atomic E-state index is 13.0. The summed E-state index contributed by atoms with van der Waals surface area (Å²) in [4.78, 5) is 22.8. The van der Waals surface area contributed by atoms with Gasteiger partial charge in [0.1, 0.15) is 40.1 Å². The molecule has 1 amide bonds. The van der Waals surface area contributed by atoms with Crippen molar-refractivity contribution >= 4 is 61.8 Å². The van der Waals surface area contributed by atoms with Crippen LogP contribution < -0.4 is 19.5 Å². The lowest BCUT2D eigenvalue weighted by molar-refractivity contribution is 0.102. The van der Waals surface area contributed by atoms with Crippen molar-refractivity contribution in [3.05, 3.63) is 94.6 Å². The predicted molar refractivity (Wildman–Crippen MR) is 170 cm³/mol. The van der Waals surface area contributed by atoms with Crippen LogP contribution in [-0.2, 0) is 6.61 Å². The maximum atomic E-state index is 13.0. The molecule has 7 rings (SSSR count). The van der Waals surface area contributed by atoms with Gasteiger partial charge < -0.3 is 23.9 Å². The number of benzene rings is 3. The molecule has 0 bridgehead atoms. The van der Waals surface area contributed by atoms with Crippen LogP contribution in [0.15, 0.2) is 82.7 Å². The van der Waals surface area contributed by atoms with E-state index in [0.717, 1.165) is 16.5 Å². The number of ether oxygens (including phenoxy) is 3. The summed E-state index contributed by atoms with van der Waals surface area (Å²) in [5.74, 6) is 1.43. The minimum absolute atomic E-state index is 0.240. The number of methoxy groups -OCH3 is 2. The topological polar surface area (TPSA) is 113 Å². The van der Waals surface area contributed by atoms with E-state index in [1.807, 2.05) is 54.6 Å². The lowest BCUT2D eigenvalue weighted by Crippen LogP contribution is -2.12. The molecule has 0 saturated heterocycles. The van der Waals surface area contributed by atoms with E-state index in [9.17, 15) is 4.79 Å². The van der Waals surface area contributed by atoms with Gasteiger partial charge in [0, 0.05) is 28.8 Å². The number of amides is 1. The number of thiazole rings is 1. The van der Waals surface area contributed by atoms with E-state index in [2.05, 4.69) is 20.4 Å². The largest absolute Gasteiger partial charge is 0.496 e. The smallest absolute Gasteiger partial charge is 0.294 e. The Balaban J connectivity index is 1.08. The van der Waals surface area contributed by atoms with Crippen LogP contribution in [0.5, 0.6) is 16.7 Å². The molecule has 0 fully saturated rings. The molecule has 0 saturated carbocycles. The Bertz CT molecular complexity index is 2120. The highest BCUT2D eigenvalue weighted by molar-refractivity contribution is 7.18. The quantitative estimate of drug-likeness (QED) is 0.169. The number of hydrogen-bond donors (Lipinski definition) is 1. The van der Waals surface area contributed by atoms with Gasteiger partial charge in [-0.3, -0.25) is 4.79 Å². The van der Waals surface area contributed by atoms with Gasteiger partial charge in [-0.2, -0.15) is 0 Å². The number of aromatic nitrogens is 4. The summed E-state index contributed by atoms with van der Waals surface area (Å²) in [6, 6.07) is 20.4. The molecule has 0 atom stereocenters. The van der Waals surface area contributed by atoms with Gasteiger partial charge >= 0.3 is 0 Å². The Hall–Kier alpha value is -4.91. The van der Waals surface area contributed by atoms with Crippen molar-refractivity contribution in [1.82, 2.24) is 19.6 Å². The third-order valence-corrected chi connectivity index (χ3v) is 8.77. The average molecular weight is 644 g/mol. The predicted octanol–water partition coefficient (Wildman–Crippen LogP) is 7.83. The maximum Gasteiger partial charge on any atom is 0.294 e. The van der Waals surface area contributed by atoms with Crippen LogP contribution in [0, 0.1) is 0 Å². The van der Waals surface area contributed by atoms with E-state index in [0.29, 0.717) is 60.1 Å². The van der Waals surface area contributed by atoms with Gasteiger partial charge in [-0.25, -0.2) is 14.5 Å². The molecular weight excluding hydrogens is 622 g/mol. The molecule has 0 unspecified atom stereocenters. The lowest BCUT2D eigenvalue weighted by atomic mass is 10.2. The van der Waals surface area contributed by atoms with Crippen molar-refractivity contribution < 1.29 is 23.4 Å². The first kappa shape index (κ1) is 27.9. The SMILES string of the molecule is COc1cc(OCc2cccc(NC(=O)c3csc(-c4ccccc4Cl)n3)c2)c2cc(-c3cn4nc(OC)sc4n3)oc2c1. The van der Waals surface area contributed by atoms with E-state index in [-0.39, 0.29) is 12.5 Å². The highest BCUT2D eigenvalue weighted by Crippen LogP contribution is 2.38. The van der Waals surface area contributed by atoms with Crippen LogP contribution in [0.1, 0.15) is 16.1 Å². The van der Waals surface area contributed by atoms with Crippen molar-refractivity contribution in [1.29, 1.82) is 0 Å². The fraction of sp³-hybridized carbons (Fsp3) is 0.0968. The average Bonchev–Trinajstić information content (AvgIpc) is 3.83. The molecule has 0 radical (unpaired) electrons. The van der Waals surface area contributed by atoms with Gasteiger partial charge in [0.2, 0.25) is 4.96 Å². The minimum Gasteiger partial charge on any atom is -0.496 e. The zero-order valence-electron chi connectivity index (χ0n) is 23.2. The van der Waals surface area contributed by atoms with Gasteiger partial charge in [-0.1, -0.05) is 41.9 Å². The number of hydrogen-bond acceptors (Lipinski definition) is 10. The van der Waals surface area contributed by atoms with E-state index in [1.165, 1.54) is 22.7 Å². The highest BCUT2D eigenvalue weighted by atomic mass is 35.5. The molecule has 13 heteroatoms. The fourth-order valence-electron chi connectivity index (χ4n) is 4.56. The monoisotopic (exact) mass is 643 g/mol. The van der Waals surface area contributed by atoms with Crippen molar-refractivity contribution in [3.63, 3.8) is 0 Å². The van der Waals surface area contributed by atoms with Crippen LogP contribution in [0.25, 0.3) is 38.0 Å². The van der Waals surface area contributed by atoms with Gasteiger partial charge in [0.15, 0.2) is 5.76 Å². The summed E-state index contributed by atoms with van der Waals surface area (Å²) in [6.07, 6.45) is 1.78. The molecule has 4 heterocycles. The Labute approximate surface area is 263 Å². The number of rotatable bonds is 9. The first-order valence-electron chi connectivity index (χ1n) is 13.2. The zero-order valence-corrected chi connectivity index (χ0v) is 25.6. The summed E-state index contributed by atoms with van der Waals surface area (Å²) < 4.78 is 24.7. The van der Waals surface area contributed by atoms with Crippen LogP contribution in [0.2, 0.25) is 5.02 Å². The fourth-order valence-corrected chi connectivity index (χ4v) is 6.38. The van der Waals surface area contributed by atoms with Crippen LogP contribution in [0.3, 0.4) is 0 Å². The Morgan fingerprint density at radius 2 is 1.93 bits per heavy atom. The summed E-state index contributed by atoms with van der Waals surface area (Å²) in [5.41, 5.74) is 3.80. The molecule has 44 heavy (non-hydrogen) atoms. The van der Waals surface area contributed by atoms with E-state index >= 15 is 0 Å². The molecular formula is C31H22ClN5O5S2. The van der Waals surface area contributed by atoms with Crippen molar-refractivity contribution in [2.24, 2.45) is 0 Å². The number of fused-ring (bicyclic) bond motifs is 2. The van der Waals surface area contributed by atoms with E-state index in [4.69, 9.17) is 30.2 Å². The summed E-state index contributed by atoms with van der Waals surface area (Å²) in [5, 5.41) is 11.5. The molecule has 7 aromatic rings. The number of imidazole rings is 1. The number of furan rings is 1. The molecule has 0 spiro atoms. The summed E-state index contributed by atoms with van der Waals surface area (Å²) >= 11 is 9.00. The molecule has 0 aliphatic heterocycles. The normalized spacial score (nSPS) is 11.2. The van der Waals surface area contributed by atoms with E-state index < -0.39 is 0 Å². The second-order valence-corrected chi connectivity index (χ2v) is 11.7. The number of nitrogens with zero attached hydrogens (tertiary/aromatic N) is 4. The molecule has 0 aliphatic rings. The first-order chi connectivity index (χ1) is 21.5. The standard InChI is InChI=1S/C31H22ClN5O5S2/c1-39-19-11-25(21-13-27(42-26(21)12-19)23-14-37-30(35-23)44-31(36-37)40-2)41-15-17-6-5-7-18(10-17)33-28(38)24-16-43-29(34-24)20-8-3-4-9-22(20)32/h3-14,16H,15H2,1-2H3,(H,33,38). The van der Waals surface area contributed by atoms with E-state index in [1.54, 1.807) is 42.4 Å². The second-order valence-electron chi connectivity index (χ2n) is 9.53. The van der Waals surface area contributed by atoms with Gasteiger partial charge in [-0.05, 0) is 41.2 Å². The second kappa shape index (κ2) is 11.6. The van der Waals surface area contributed by atoms with Crippen molar-refractivity contribution in [2.45, 2.75) is 6.61 Å². The van der Waals surface area contributed by atoms with Crippen LogP contribution >= 0.6 is 34.3 Å². The van der Waals surface area contributed by atoms with Crippen molar-refractivity contribution in [3.8, 4) is 38.7 Å². The Kier molecular flexibility index (Phi) is 7.38. The Morgan fingerprint density at radius 3 is 2.75 bits per heavy atom. The summed E-state index contributed by atoms with van der Waals surface area (Å²) in [6.45, 7) is 0.240. The lowest BCUT2D eigenvalue weighted by Gasteiger charge is -2.10. The number of halogens is 1. The van der Waals surface area contributed by atoms with Gasteiger partial charge in [0.25, 0.3) is 11.1 Å². The third kappa shape index (κ3) is 5.46. The van der Waals surface area contributed by atoms with Crippen LogP contribution in [-0.4, -0.2) is 39.7 Å². The molecule has 4 aromatic heterocycles. The van der Waals surface area contributed by atoms with Crippen molar-refractivity contribution in [2.75, 3.05) is 19.5 Å². The molecule has 3 aromatic carbocycles. The summed E-state index contributed by atoms with van der Waals surface area (Å²) in [7, 11) is 3.16. The third-order valence-electron chi connectivity index (χ3n) is 6.68. The van der Waals surface area contributed by atoms with Gasteiger partial charge in [-0.15, -0.1) is 16.4 Å². The number of nitrogens with one attached hydrogen (secondary N) is 1. The first-order valence-corrected chi connectivity index (χ1v) is 15.3. The molecule has 1 N–H and O–H groups in total. The molecule has 0 aliphatic carbocycles. The highest BCUT2D eigenvalue weighted by Gasteiger charge is 2.18. The minimum atomic E-state index is -0.314. The zero-order chi connectivity index (χ0) is 30.2. The number of carbonyl (C=O) groups excluding carboxylic acids is 1.